The number of benzene rings is 1. The zero-order chi connectivity index (χ0) is 15.4. The molecule has 5 nitrogen and oxygen atoms in total. The highest BCUT2D eigenvalue weighted by molar-refractivity contribution is 6.30. The first-order chi connectivity index (χ1) is 9.99. The van der Waals surface area contributed by atoms with Gasteiger partial charge >= 0.3 is 0 Å². The summed E-state index contributed by atoms with van der Waals surface area (Å²) < 4.78 is 0. The summed E-state index contributed by atoms with van der Waals surface area (Å²) in [7, 11) is 1.70. The van der Waals surface area contributed by atoms with Crippen LogP contribution in [0.25, 0.3) is 0 Å². The molecule has 0 saturated heterocycles. The smallest absolute Gasteiger partial charge is 0.254 e. The lowest BCUT2D eigenvalue weighted by molar-refractivity contribution is 0.0785. The lowest BCUT2D eigenvalue weighted by atomic mass is 10.2. The number of hydrogen-bond acceptors (Lipinski definition) is 4. The number of hydrogen-bond donors (Lipinski definition) is 2. The van der Waals surface area contributed by atoms with Crippen molar-refractivity contribution in [1.29, 1.82) is 0 Å². The van der Waals surface area contributed by atoms with E-state index in [0.29, 0.717) is 22.9 Å². The summed E-state index contributed by atoms with van der Waals surface area (Å²) in [5.74, 6) is 5.44. The molecule has 0 radical (unpaired) electrons. The number of nitrogens with zero attached hydrogens (tertiary/aromatic N) is 2. The summed E-state index contributed by atoms with van der Waals surface area (Å²) >= 11 is 11.8. The Bertz CT molecular complexity index is 663. The van der Waals surface area contributed by atoms with E-state index in [1.807, 2.05) is 18.2 Å². The van der Waals surface area contributed by atoms with Crippen LogP contribution in [0, 0.1) is 0 Å². The van der Waals surface area contributed by atoms with Crippen molar-refractivity contribution in [2.45, 2.75) is 6.54 Å². The lowest BCUT2D eigenvalue weighted by Crippen LogP contribution is -2.26. The molecule has 7 heteroatoms. The van der Waals surface area contributed by atoms with Gasteiger partial charge in [-0.25, -0.2) is 10.8 Å². The first-order valence-electron chi connectivity index (χ1n) is 6.13. The second kappa shape index (κ2) is 6.76. The van der Waals surface area contributed by atoms with Gasteiger partial charge in [-0.15, -0.1) is 0 Å². The van der Waals surface area contributed by atoms with Crippen LogP contribution in [0.2, 0.25) is 10.2 Å². The molecule has 0 aliphatic rings. The summed E-state index contributed by atoms with van der Waals surface area (Å²) in [5, 5.41) is 0.833. The van der Waals surface area contributed by atoms with Crippen LogP contribution in [0.3, 0.4) is 0 Å². The molecule has 0 aliphatic heterocycles. The molecule has 1 aromatic carbocycles. The number of pyridine rings is 1. The molecule has 0 saturated carbocycles. The number of nitrogens with one attached hydrogen (secondary N) is 1. The number of carbonyl (C=O) groups excluding carboxylic acids is 1. The summed E-state index contributed by atoms with van der Waals surface area (Å²) in [6, 6.07) is 10.4. The number of hydrazine groups is 1. The maximum atomic E-state index is 12.4. The monoisotopic (exact) mass is 324 g/mol. The van der Waals surface area contributed by atoms with Crippen molar-refractivity contribution in [3.63, 3.8) is 0 Å². The van der Waals surface area contributed by atoms with Crippen molar-refractivity contribution in [2.75, 3.05) is 12.5 Å². The van der Waals surface area contributed by atoms with E-state index in [1.54, 1.807) is 24.1 Å². The fourth-order valence-corrected chi connectivity index (χ4v) is 2.32. The van der Waals surface area contributed by atoms with Crippen molar-refractivity contribution >= 4 is 34.9 Å². The molecule has 0 atom stereocenters. The highest BCUT2D eigenvalue weighted by Crippen LogP contribution is 2.17. The Morgan fingerprint density at radius 1 is 1.33 bits per heavy atom. The molecule has 0 bridgehead atoms. The van der Waals surface area contributed by atoms with Crippen LogP contribution < -0.4 is 11.3 Å². The molecule has 1 amide bonds. The first-order valence-corrected chi connectivity index (χ1v) is 6.89. The second-order valence-electron chi connectivity index (χ2n) is 4.50. The maximum Gasteiger partial charge on any atom is 0.254 e. The molecular formula is C14H14Cl2N4O. The van der Waals surface area contributed by atoms with E-state index < -0.39 is 0 Å². The van der Waals surface area contributed by atoms with E-state index in [1.165, 1.54) is 6.07 Å². The molecule has 3 N–H and O–H groups in total. The number of carbonyl (C=O) groups is 1. The third kappa shape index (κ3) is 4.07. The van der Waals surface area contributed by atoms with Crippen LogP contribution in [0.1, 0.15) is 15.9 Å². The zero-order valence-corrected chi connectivity index (χ0v) is 12.8. The zero-order valence-electron chi connectivity index (χ0n) is 11.3. The standard InChI is InChI=1S/C14H14Cl2N4O/c1-20(8-9-3-2-4-11(15)5-9)14(21)10-6-12(16)18-13(7-10)19-17/h2-7H,8,17H2,1H3,(H,18,19). The molecule has 1 aromatic heterocycles. The van der Waals surface area contributed by atoms with Gasteiger partial charge in [-0.2, -0.15) is 0 Å². The summed E-state index contributed by atoms with van der Waals surface area (Å²) in [5.41, 5.74) is 3.73. The molecule has 0 aliphatic carbocycles. The van der Waals surface area contributed by atoms with Crippen molar-refractivity contribution < 1.29 is 4.79 Å². The van der Waals surface area contributed by atoms with E-state index in [0.717, 1.165) is 5.56 Å². The Morgan fingerprint density at radius 3 is 2.76 bits per heavy atom. The van der Waals surface area contributed by atoms with Crippen molar-refractivity contribution in [1.82, 2.24) is 9.88 Å². The van der Waals surface area contributed by atoms with Crippen LogP contribution in [-0.4, -0.2) is 22.8 Å². The molecule has 110 valence electrons. The lowest BCUT2D eigenvalue weighted by Gasteiger charge is -2.18. The second-order valence-corrected chi connectivity index (χ2v) is 5.32. The van der Waals surface area contributed by atoms with Gasteiger partial charge in [0.2, 0.25) is 0 Å². The van der Waals surface area contributed by atoms with Gasteiger partial charge in [-0.05, 0) is 29.8 Å². The van der Waals surface area contributed by atoms with Gasteiger partial charge in [-0.1, -0.05) is 35.3 Å². The topological polar surface area (TPSA) is 71.2 Å². The van der Waals surface area contributed by atoms with E-state index >= 15 is 0 Å². The quantitative estimate of drug-likeness (QED) is 0.515. The van der Waals surface area contributed by atoms with Crippen LogP contribution in [0.5, 0.6) is 0 Å². The average molecular weight is 325 g/mol. The maximum absolute atomic E-state index is 12.4. The Balaban J connectivity index is 2.17. The SMILES string of the molecule is CN(Cc1cccc(Cl)c1)C(=O)c1cc(Cl)nc(NN)c1. The summed E-state index contributed by atoms with van der Waals surface area (Å²) in [6.07, 6.45) is 0. The van der Waals surface area contributed by atoms with E-state index in [2.05, 4.69) is 10.4 Å². The van der Waals surface area contributed by atoms with Crippen LogP contribution in [0.4, 0.5) is 5.82 Å². The van der Waals surface area contributed by atoms with Crippen LogP contribution >= 0.6 is 23.2 Å². The predicted molar refractivity (Wildman–Crippen MR) is 84.3 cm³/mol. The van der Waals surface area contributed by atoms with Gasteiger partial charge in [0.05, 0.1) is 0 Å². The minimum absolute atomic E-state index is 0.184. The molecule has 0 fully saturated rings. The Hall–Kier alpha value is -1.82. The van der Waals surface area contributed by atoms with Gasteiger partial charge in [0, 0.05) is 24.2 Å². The minimum Gasteiger partial charge on any atom is -0.337 e. The summed E-state index contributed by atoms with van der Waals surface area (Å²) in [4.78, 5) is 17.9. The van der Waals surface area contributed by atoms with E-state index in [4.69, 9.17) is 29.0 Å². The molecule has 0 unspecified atom stereocenters. The van der Waals surface area contributed by atoms with Gasteiger partial charge in [-0.3, -0.25) is 4.79 Å². The van der Waals surface area contributed by atoms with Crippen LogP contribution in [-0.2, 0) is 6.54 Å². The Kier molecular flexibility index (Phi) is 5.01. The van der Waals surface area contributed by atoms with Gasteiger partial charge in [0.25, 0.3) is 5.91 Å². The number of halogens is 2. The fraction of sp³-hybridized carbons (Fsp3) is 0.143. The molecule has 1 heterocycles. The van der Waals surface area contributed by atoms with Gasteiger partial charge in [0.15, 0.2) is 0 Å². The fourth-order valence-electron chi connectivity index (χ4n) is 1.90. The van der Waals surface area contributed by atoms with Crippen LogP contribution in [0.15, 0.2) is 36.4 Å². The Labute approximate surface area is 132 Å². The Morgan fingerprint density at radius 2 is 2.10 bits per heavy atom. The number of anilines is 1. The molecule has 0 spiro atoms. The molecular weight excluding hydrogens is 311 g/mol. The molecule has 21 heavy (non-hydrogen) atoms. The highest BCUT2D eigenvalue weighted by Gasteiger charge is 2.14. The predicted octanol–water partition coefficient (Wildman–Crippen LogP) is 2.95. The minimum atomic E-state index is -0.184. The number of nitrogens with two attached hydrogens (primary N) is 1. The third-order valence-corrected chi connectivity index (χ3v) is 3.27. The van der Waals surface area contributed by atoms with E-state index in [-0.39, 0.29) is 11.1 Å². The highest BCUT2D eigenvalue weighted by atomic mass is 35.5. The number of rotatable bonds is 4. The van der Waals surface area contributed by atoms with Crippen molar-refractivity contribution in [3.8, 4) is 0 Å². The third-order valence-electron chi connectivity index (χ3n) is 2.84. The molecule has 2 rings (SSSR count). The van der Waals surface area contributed by atoms with Crippen molar-refractivity contribution in [2.24, 2.45) is 5.84 Å². The molecule has 2 aromatic rings. The first kappa shape index (κ1) is 15.6. The summed E-state index contributed by atoms with van der Waals surface area (Å²) in [6.45, 7) is 0.435. The van der Waals surface area contributed by atoms with Gasteiger partial charge in [0.1, 0.15) is 11.0 Å². The number of amides is 1. The largest absolute Gasteiger partial charge is 0.337 e. The number of nitrogen functional groups attached to an aromatic ring is 1. The normalized spacial score (nSPS) is 10.3. The van der Waals surface area contributed by atoms with Crippen molar-refractivity contribution in [3.05, 3.63) is 57.7 Å². The van der Waals surface area contributed by atoms with Gasteiger partial charge < -0.3 is 10.3 Å². The van der Waals surface area contributed by atoms with E-state index in [9.17, 15) is 4.79 Å². The number of aromatic nitrogens is 1. The average Bonchev–Trinajstić information content (AvgIpc) is 2.45.